The summed E-state index contributed by atoms with van der Waals surface area (Å²) in [6.45, 7) is 4.21. The highest BCUT2D eigenvalue weighted by molar-refractivity contribution is 6.01. The number of hydrogen-bond donors (Lipinski definition) is 1. The van der Waals surface area contributed by atoms with Crippen molar-refractivity contribution in [1.29, 1.82) is 0 Å². The van der Waals surface area contributed by atoms with E-state index in [1.54, 1.807) is 24.8 Å². The number of hydrogen-bond acceptors (Lipinski definition) is 9. The van der Waals surface area contributed by atoms with Gasteiger partial charge in [0.15, 0.2) is 5.82 Å². The Kier molecular flexibility index (Phi) is 8.63. The van der Waals surface area contributed by atoms with Gasteiger partial charge in [-0.1, -0.05) is 13.0 Å². The van der Waals surface area contributed by atoms with Gasteiger partial charge in [-0.25, -0.2) is 22.4 Å². The van der Waals surface area contributed by atoms with E-state index >= 15 is 8.78 Å². The summed E-state index contributed by atoms with van der Waals surface area (Å²) in [5, 5.41) is 16.0. The van der Waals surface area contributed by atoms with Crippen molar-refractivity contribution < 1.29 is 32.2 Å². The molecule has 1 N–H and O–H groups in total. The van der Waals surface area contributed by atoms with E-state index in [0.29, 0.717) is 41.4 Å². The Morgan fingerprint density at radius 1 is 1.12 bits per heavy atom. The standard InChI is InChI=1S/C37H38F4N8O3/c1-3-26-29(40)6-5-22-13-25(50)14-27(30(22)26)32-31(41)33-28(17-42-32)34(44-35(43-33)52-20-37-8-4-9-47(37)18-23(39)15-37)46-11-12-48(24(16-38)19-46)36(51)49-10-7-21(2)45-49/h5-7,10,13-14,17,23-24,50H,3-4,8-9,11-12,15-16,18-20H2,1-2H3/t23-,24?,37+/m1/s1. The van der Waals surface area contributed by atoms with Crippen molar-refractivity contribution in [2.75, 3.05) is 50.9 Å². The maximum atomic E-state index is 17.0. The van der Waals surface area contributed by atoms with Gasteiger partial charge < -0.3 is 19.6 Å². The maximum absolute atomic E-state index is 17.0. The number of ether oxygens (including phenoxy) is 1. The smallest absolute Gasteiger partial charge is 0.345 e. The van der Waals surface area contributed by atoms with Crippen molar-refractivity contribution in [3.8, 4) is 23.0 Å². The van der Waals surface area contributed by atoms with Crippen LogP contribution in [0.1, 0.15) is 37.4 Å². The number of nitrogens with zero attached hydrogens (tertiary/aromatic N) is 8. The third-order valence-electron chi connectivity index (χ3n) is 10.8. The lowest BCUT2D eigenvalue weighted by Crippen LogP contribution is -2.57. The second-order valence-electron chi connectivity index (χ2n) is 14.0. The fraction of sp³-hybridized carbons (Fsp3) is 0.432. The molecule has 3 aromatic heterocycles. The number of alkyl halides is 2. The molecule has 0 radical (unpaired) electrons. The van der Waals surface area contributed by atoms with Crippen molar-refractivity contribution in [2.45, 2.75) is 57.3 Å². The number of halogens is 4. The van der Waals surface area contributed by atoms with Crippen molar-refractivity contribution >= 4 is 33.5 Å². The van der Waals surface area contributed by atoms with E-state index in [9.17, 15) is 18.7 Å². The molecule has 0 spiro atoms. The largest absolute Gasteiger partial charge is 0.508 e. The van der Waals surface area contributed by atoms with Gasteiger partial charge in [-0.15, -0.1) is 0 Å². The van der Waals surface area contributed by atoms with Gasteiger partial charge >= 0.3 is 12.0 Å². The predicted octanol–water partition coefficient (Wildman–Crippen LogP) is 5.98. The summed E-state index contributed by atoms with van der Waals surface area (Å²) in [5.41, 5.74) is 0.345. The predicted molar refractivity (Wildman–Crippen MR) is 186 cm³/mol. The molecule has 3 aliphatic rings. The summed E-state index contributed by atoms with van der Waals surface area (Å²) in [6.07, 6.45) is 4.20. The number of benzene rings is 2. The van der Waals surface area contributed by atoms with Gasteiger partial charge in [-0.05, 0) is 73.3 Å². The molecular weight excluding hydrogens is 680 g/mol. The van der Waals surface area contributed by atoms with Crippen molar-refractivity contribution in [2.24, 2.45) is 0 Å². The molecule has 3 atom stereocenters. The topological polar surface area (TPSA) is 113 Å². The second-order valence-corrected chi connectivity index (χ2v) is 14.0. The maximum Gasteiger partial charge on any atom is 0.345 e. The number of phenolic OH excluding ortho intramolecular Hbond substituents is 1. The lowest BCUT2D eigenvalue weighted by molar-refractivity contribution is 0.107. The summed E-state index contributed by atoms with van der Waals surface area (Å²) in [6, 6.07) is 5.87. The molecule has 1 unspecified atom stereocenters. The molecular formula is C37H38F4N8O3. The molecule has 3 aliphatic heterocycles. The third-order valence-corrected chi connectivity index (χ3v) is 10.8. The minimum absolute atomic E-state index is 0.0228. The quantitative estimate of drug-likeness (QED) is 0.203. The Hall–Kier alpha value is -5.05. The van der Waals surface area contributed by atoms with Crippen LogP contribution in [0.3, 0.4) is 0 Å². The van der Waals surface area contributed by atoms with Gasteiger partial charge in [-0.3, -0.25) is 9.88 Å². The number of rotatable bonds is 7. The van der Waals surface area contributed by atoms with Gasteiger partial charge in [0.25, 0.3) is 0 Å². The van der Waals surface area contributed by atoms with Crippen LogP contribution in [0.25, 0.3) is 32.9 Å². The fourth-order valence-corrected chi connectivity index (χ4v) is 8.28. The first-order chi connectivity index (χ1) is 25.1. The van der Waals surface area contributed by atoms with Crippen LogP contribution in [0.4, 0.5) is 28.2 Å². The molecule has 272 valence electrons. The van der Waals surface area contributed by atoms with Crippen LogP contribution in [0, 0.1) is 18.6 Å². The Bertz CT molecular complexity index is 2200. The van der Waals surface area contributed by atoms with Crippen LogP contribution in [0.5, 0.6) is 11.8 Å². The molecule has 15 heteroatoms. The Morgan fingerprint density at radius 2 is 1.96 bits per heavy atom. The SMILES string of the molecule is CCc1c(F)ccc2cc(O)cc(-c3ncc4c(N5CCN(C(=O)n6ccc(C)n6)C(CF)C5)nc(OC[C@@]56CCCN5C[C@H](F)C6)nc4c3F)c12. The van der Waals surface area contributed by atoms with Crippen molar-refractivity contribution in [1.82, 2.24) is 34.5 Å². The zero-order chi connectivity index (χ0) is 36.3. The van der Waals surface area contributed by atoms with Crippen molar-refractivity contribution in [3.05, 3.63) is 65.6 Å². The highest BCUT2D eigenvalue weighted by Crippen LogP contribution is 2.42. The highest BCUT2D eigenvalue weighted by Gasteiger charge is 2.49. The first kappa shape index (κ1) is 34.1. The number of aromatic nitrogens is 5. The van der Waals surface area contributed by atoms with E-state index in [4.69, 9.17) is 9.72 Å². The Labute approximate surface area is 296 Å². The van der Waals surface area contributed by atoms with Crippen LogP contribution in [-0.4, -0.2) is 109 Å². The molecule has 5 aromatic rings. The number of aryl methyl sites for hydroxylation is 2. The Morgan fingerprint density at radius 3 is 2.73 bits per heavy atom. The highest BCUT2D eigenvalue weighted by atomic mass is 19.1. The van der Waals surface area contributed by atoms with E-state index in [1.807, 2.05) is 0 Å². The van der Waals surface area contributed by atoms with Crippen LogP contribution < -0.4 is 9.64 Å². The number of piperazine rings is 1. The Balaban J connectivity index is 1.22. The number of pyridine rings is 1. The van der Waals surface area contributed by atoms with Gasteiger partial charge in [0.2, 0.25) is 0 Å². The fourth-order valence-electron chi connectivity index (χ4n) is 8.28. The van der Waals surface area contributed by atoms with E-state index in [2.05, 4.69) is 20.0 Å². The van der Waals surface area contributed by atoms with E-state index in [1.165, 1.54) is 46.2 Å². The minimum atomic E-state index is -0.986. The van der Waals surface area contributed by atoms with Crippen LogP contribution in [0.15, 0.2) is 42.7 Å². The minimum Gasteiger partial charge on any atom is -0.508 e. The molecule has 0 bridgehead atoms. The van der Waals surface area contributed by atoms with E-state index in [0.717, 1.165) is 19.4 Å². The normalized spacial score (nSPS) is 22.1. The summed E-state index contributed by atoms with van der Waals surface area (Å²) in [5.74, 6) is -1.23. The number of fused-ring (bicyclic) bond motifs is 3. The molecule has 3 fully saturated rings. The summed E-state index contributed by atoms with van der Waals surface area (Å²) in [7, 11) is 0. The summed E-state index contributed by atoms with van der Waals surface area (Å²) in [4.78, 5) is 32.2. The lowest BCUT2D eigenvalue weighted by atomic mass is 9.94. The van der Waals surface area contributed by atoms with Gasteiger partial charge in [-0.2, -0.15) is 19.7 Å². The zero-order valence-electron chi connectivity index (χ0n) is 28.8. The molecule has 0 saturated carbocycles. The molecule has 1 amide bonds. The number of carbonyl (C=O) groups is 1. The number of amides is 1. The number of carbonyl (C=O) groups excluding carboxylic acids is 1. The van der Waals surface area contributed by atoms with Crippen LogP contribution in [0.2, 0.25) is 0 Å². The van der Waals surface area contributed by atoms with Crippen LogP contribution >= 0.6 is 0 Å². The molecule has 3 saturated heterocycles. The molecule has 8 rings (SSSR count). The lowest BCUT2D eigenvalue weighted by Gasteiger charge is -2.40. The average Bonchev–Trinajstić information content (AvgIpc) is 3.83. The van der Waals surface area contributed by atoms with Crippen LogP contribution in [-0.2, 0) is 6.42 Å². The van der Waals surface area contributed by atoms with Gasteiger partial charge in [0.05, 0.1) is 22.7 Å². The summed E-state index contributed by atoms with van der Waals surface area (Å²) < 4.78 is 68.7. The molecule has 2 aromatic carbocycles. The third kappa shape index (κ3) is 5.74. The number of aromatic hydroxyl groups is 1. The van der Waals surface area contributed by atoms with Gasteiger partial charge in [0, 0.05) is 50.6 Å². The first-order valence-electron chi connectivity index (χ1n) is 17.6. The molecule has 6 heterocycles. The number of anilines is 1. The van der Waals surface area contributed by atoms with E-state index < -0.39 is 42.1 Å². The molecule has 0 aliphatic carbocycles. The monoisotopic (exact) mass is 718 g/mol. The molecule has 52 heavy (non-hydrogen) atoms. The number of phenols is 1. The van der Waals surface area contributed by atoms with Crippen molar-refractivity contribution in [3.63, 3.8) is 0 Å². The average molecular weight is 719 g/mol. The molecule has 11 nitrogen and oxygen atoms in total. The summed E-state index contributed by atoms with van der Waals surface area (Å²) >= 11 is 0. The van der Waals surface area contributed by atoms with E-state index in [-0.39, 0.29) is 66.0 Å². The second kappa shape index (κ2) is 13.2. The zero-order valence-corrected chi connectivity index (χ0v) is 28.8. The first-order valence-corrected chi connectivity index (χ1v) is 17.6. The van der Waals surface area contributed by atoms with Gasteiger partial charge in [0.1, 0.15) is 48.0 Å².